The van der Waals surface area contributed by atoms with Crippen LogP contribution < -0.4 is 10.6 Å². The number of hydrogen-bond donors (Lipinski definition) is 2. The van der Waals surface area contributed by atoms with Gasteiger partial charge in [0.05, 0.1) is 17.8 Å². The average molecular weight is 334 g/mol. The van der Waals surface area contributed by atoms with Gasteiger partial charge in [0.25, 0.3) is 0 Å². The molecule has 5 nitrogen and oxygen atoms in total. The number of anilines is 2. The van der Waals surface area contributed by atoms with Crippen LogP contribution >= 0.6 is 0 Å². The number of benzene rings is 1. The SMILES string of the molecule is CCCN(c1ccc(C(CC)CC(=O)O)cc1N)C1CCOCC1. The van der Waals surface area contributed by atoms with Gasteiger partial charge in [0.15, 0.2) is 0 Å². The van der Waals surface area contributed by atoms with Crippen LogP contribution in [0.2, 0.25) is 0 Å². The van der Waals surface area contributed by atoms with Gasteiger partial charge < -0.3 is 20.5 Å². The minimum atomic E-state index is -0.765. The highest BCUT2D eigenvalue weighted by Crippen LogP contribution is 2.33. The van der Waals surface area contributed by atoms with E-state index in [1.165, 1.54) is 0 Å². The Kier molecular flexibility index (Phi) is 6.91. The molecule has 0 spiro atoms. The van der Waals surface area contributed by atoms with E-state index in [1.54, 1.807) is 0 Å². The van der Waals surface area contributed by atoms with Crippen LogP contribution in [-0.2, 0) is 9.53 Å². The van der Waals surface area contributed by atoms with Crippen molar-refractivity contribution in [2.45, 2.75) is 57.9 Å². The highest BCUT2D eigenvalue weighted by atomic mass is 16.5. The maximum atomic E-state index is 11.0. The highest BCUT2D eigenvalue weighted by Gasteiger charge is 2.23. The molecular formula is C19H30N2O3. The molecule has 1 heterocycles. The Morgan fingerprint density at radius 3 is 2.62 bits per heavy atom. The molecule has 0 amide bonds. The van der Waals surface area contributed by atoms with Crippen molar-refractivity contribution in [2.75, 3.05) is 30.4 Å². The lowest BCUT2D eigenvalue weighted by atomic mass is 9.92. The van der Waals surface area contributed by atoms with Crippen LogP contribution in [0.4, 0.5) is 11.4 Å². The van der Waals surface area contributed by atoms with E-state index >= 15 is 0 Å². The Balaban J connectivity index is 2.23. The average Bonchev–Trinajstić information content (AvgIpc) is 2.58. The molecule has 1 fully saturated rings. The van der Waals surface area contributed by atoms with Crippen molar-refractivity contribution in [3.8, 4) is 0 Å². The van der Waals surface area contributed by atoms with Crippen molar-refractivity contribution >= 4 is 17.3 Å². The minimum Gasteiger partial charge on any atom is -0.481 e. The molecule has 1 unspecified atom stereocenters. The maximum Gasteiger partial charge on any atom is 0.303 e. The third kappa shape index (κ3) is 4.63. The summed E-state index contributed by atoms with van der Waals surface area (Å²) in [5.41, 5.74) is 9.19. The predicted octanol–water partition coefficient (Wildman–Crippen LogP) is 3.63. The molecule has 1 aromatic rings. The van der Waals surface area contributed by atoms with Gasteiger partial charge in [-0.15, -0.1) is 0 Å². The second-order valence-corrected chi connectivity index (χ2v) is 6.56. The van der Waals surface area contributed by atoms with Crippen molar-refractivity contribution in [1.82, 2.24) is 0 Å². The van der Waals surface area contributed by atoms with Crippen LogP contribution in [0, 0.1) is 0 Å². The molecule has 1 aliphatic heterocycles. The van der Waals surface area contributed by atoms with Gasteiger partial charge in [-0.3, -0.25) is 4.79 Å². The third-order valence-electron chi connectivity index (χ3n) is 4.84. The number of nitrogen functional groups attached to an aromatic ring is 1. The second-order valence-electron chi connectivity index (χ2n) is 6.56. The monoisotopic (exact) mass is 334 g/mol. The number of carboxylic acids is 1. The Morgan fingerprint density at radius 2 is 2.08 bits per heavy atom. The van der Waals surface area contributed by atoms with Crippen LogP contribution in [0.3, 0.4) is 0 Å². The molecule has 1 saturated heterocycles. The van der Waals surface area contributed by atoms with Crippen molar-refractivity contribution in [1.29, 1.82) is 0 Å². The molecule has 0 saturated carbocycles. The summed E-state index contributed by atoms with van der Waals surface area (Å²) in [6.45, 7) is 6.78. The van der Waals surface area contributed by atoms with Gasteiger partial charge in [-0.2, -0.15) is 0 Å². The fourth-order valence-corrected chi connectivity index (χ4v) is 3.53. The summed E-state index contributed by atoms with van der Waals surface area (Å²) in [6, 6.07) is 6.55. The zero-order valence-electron chi connectivity index (χ0n) is 14.8. The third-order valence-corrected chi connectivity index (χ3v) is 4.84. The van der Waals surface area contributed by atoms with Crippen LogP contribution in [0.25, 0.3) is 0 Å². The van der Waals surface area contributed by atoms with E-state index in [0.29, 0.717) is 6.04 Å². The number of carboxylic acid groups (broad SMARTS) is 1. The summed E-state index contributed by atoms with van der Waals surface area (Å²) >= 11 is 0. The fraction of sp³-hybridized carbons (Fsp3) is 0.632. The van der Waals surface area contributed by atoms with E-state index in [-0.39, 0.29) is 12.3 Å². The fourth-order valence-electron chi connectivity index (χ4n) is 3.53. The van der Waals surface area contributed by atoms with E-state index in [2.05, 4.69) is 17.9 Å². The molecule has 0 bridgehead atoms. The predicted molar refractivity (Wildman–Crippen MR) is 97.6 cm³/mol. The summed E-state index contributed by atoms with van der Waals surface area (Å²) in [6.07, 6.45) is 4.06. The molecule has 0 radical (unpaired) electrons. The number of rotatable bonds is 8. The summed E-state index contributed by atoms with van der Waals surface area (Å²) in [4.78, 5) is 13.4. The molecule has 0 aliphatic carbocycles. The molecule has 134 valence electrons. The zero-order valence-corrected chi connectivity index (χ0v) is 14.8. The normalized spacial score (nSPS) is 16.8. The van der Waals surface area contributed by atoms with E-state index < -0.39 is 5.97 Å². The topological polar surface area (TPSA) is 75.8 Å². The molecular weight excluding hydrogens is 304 g/mol. The van der Waals surface area contributed by atoms with Gasteiger partial charge in [0.2, 0.25) is 0 Å². The van der Waals surface area contributed by atoms with Crippen molar-refractivity contribution < 1.29 is 14.6 Å². The molecule has 3 N–H and O–H groups in total. The van der Waals surface area contributed by atoms with Gasteiger partial charge in [-0.25, -0.2) is 0 Å². The quantitative estimate of drug-likeness (QED) is 0.710. The minimum absolute atomic E-state index is 0.0153. The van der Waals surface area contributed by atoms with Crippen molar-refractivity contribution in [3.05, 3.63) is 23.8 Å². The number of hydrogen-bond acceptors (Lipinski definition) is 4. The standard InChI is InChI=1S/C19H30N2O3/c1-3-9-21(16-7-10-24-11-8-16)18-6-5-15(12-17(18)20)14(4-2)13-19(22)23/h5-6,12,14,16H,3-4,7-11,13,20H2,1-2H3,(H,22,23). The summed E-state index contributed by atoms with van der Waals surface area (Å²) in [5, 5.41) is 9.08. The van der Waals surface area contributed by atoms with Crippen LogP contribution in [0.15, 0.2) is 18.2 Å². The number of ether oxygens (including phenoxy) is 1. The van der Waals surface area contributed by atoms with Gasteiger partial charge in [-0.1, -0.05) is 19.9 Å². The number of carbonyl (C=O) groups is 1. The molecule has 1 aliphatic rings. The lowest BCUT2D eigenvalue weighted by Crippen LogP contribution is -2.40. The molecule has 24 heavy (non-hydrogen) atoms. The Bertz CT molecular complexity index is 541. The largest absolute Gasteiger partial charge is 0.481 e. The van der Waals surface area contributed by atoms with Crippen molar-refractivity contribution in [2.24, 2.45) is 0 Å². The first kappa shape index (κ1) is 18.6. The number of nitrogens with zero attached hydrogens (tertiary/aromatic N) is 1. The van der Waals surface area contributed by atoms with Crippen LogP contribution in [0.1, 0.15) is 57.4 Å². The smallest absolute Gasteiger partial charge is 0.303 e. The first-order valence-electron chi connectivity index (χ1n) is 9.02. The lowest BCUT2D eigenvalue weighted by Gasteiger charge is -2.37. The van der Waals surface area contributed by atoms with Crippen LogP contribution in [0.5, 0.6) is 0 Å². The molecule has 2 rings (SSSR count). The summed E-state index contributed by atoms with van der Waals surface area (Å²) < 4.78 is 5.48. The summed E-state index contributed by atoms with van der Waals surface area (Å²) in [5.74, 6) is -0.749. The molecule has 1 atom stereocenters. The second kappa shape index (κ2) is 8.92. The van der Waals surface area contributed by atoms with E-state index in [0.717, 1.165) is 62.4 Å². The van der Waals surface area contributed by atoms with Gasteiger partial charge in [0, 0.05) is 25.8 Å². The number of aliphatic carboxylic acids is 1. The van der Waals surface area contributed by atoms with Crippen molar-refractivity contribution in [3.63, 3.8) is 0 Å². The van der Waals surface area contributed by atoms with Gasteiger partial charge >= 0.3 is 5.97 Å². The van der Waals surface area contributed by atoms with Gasteiger partial charge in [0.1, 0.15) is 0 Å². The lowest BCUT2D eigenvalue weighted by molar-refractivity contribution is -0.137. The van der Waals surface area contributed by atoms with E-state index in [1.807, 2.05) is 19.1 Å². The Hall–Kier alpha value is -1.75. The Morgan fingerprint density at radius 1 is 1.38 bits per heavy atom. The molecule has 1 aromatic carbocycles. The number of nitrogens with two attached hydrogens (primary N) is 1. The van der Waals surface area contributed by atoms with E-state index in [9.17, 15) is 4.79 Å². The summed E-state index contributed by atoms with van der Waals surface area (Å²) in [7, 11) is 0. The molecule has 0 aromatic heterocycles. The first-order valence-corrected chi connectivity index (χ1v) is 9.02. The molecule has 5 heteroatoms. The zero-order chi connectivity index (χ0) is 17.5. The van der Waals surface area contributed by atoms with E-state index in [4.69, 9.17) is 15.6 Å². The highest BCUT2D eigenvalue weighted by molar-refractivity contribution is 5.71. The Labute approximate surface area is 144 Å². The maximum absolute atomic E-state index is 11.0. The first-order chi connectivity index (χ1) is 11.6. The van der Waals surface area contributed by atoms with Gasteiger partial charge in [-0.05, 0) is 49.3 Å². The van der Waals surface area contributed by atoms with Crippen LogP contribution in [-0.4, -0.2) is 36.9 Å².